The maximum atomic E-state index is 13.0. The summed E-state index contributed by atoms with van der Waals surface area (Å²) in [5, 5.41) is 51.0. The maximum absolute atomic E-state index is 13.0. The van der Waals surface area contributed by atoms with Gasteiger partial charge in [-0.2, -0.15) is 13.2 Å². The molecule has 4 atom stereocenters. The Balaban J connectivity index is 1.29. The van der Waals surface area contributed by atoms with E-state index in [0.717, 1.165) is 18.2 Å². The molecule has 2 aliphatic heterocycles. The molecule has 0 radical (unpaired) electrons. The first-order chi connectivity index (χ1) is 22.7. The van der Waals surface area contributed by atoms with E-state index >= 15 is 0 Å². The lowest BCUT2D eigenvalue weighted by Gasteiger charge is -2.35. The highest BCUT2D eigenvalue weighted by atomic mass is 19.4. The van der Waals surface area contributed by atoms with Gasteiger partial charge >= 0.3 is 12.1 Å². The number of methoxy groups -OCH3 is 1. The second-order valence-corrected chi connectivity index (χ2v) is 10.8. The number of alkyl halides is 3. The molecule has 0 bridgehead atoms. The van der Waals surface area contributed by atoms with Gasteiger partial charge in [-0.1, -0.05) is 12.1 Å². The van der Waals surface area contributed by atoms with Gasteiger partial charge in [-0.05, 0) is 48.0 Å². The Bertz CT molecular complexity index is 1930. The SMILES string of the molecule is COc1cc(C2Oc3cc([C@@H]4Oc5cc(O)cc(O)c5C(=O)C4O)ccc3O[C@H]2COC(=O)c2ccc(C(F)(F)F)cc2O)ccc1O. The molecule has 12 nitrogen and oxygen atoms in total. The highest BCUT2D eigenvalue weighted by molar-refractivity contribution is 6.05. The van der Waals surface area contributed by atoms with Crippen molar-refractivity contribution < 1.29 is 72.0 Å². The lowest BCUT2D eigenvalue weighted by molar-refractivity contribution is -0.137. The average molecular weight is 671 g/mol. The van der Waals surface area contributed by atoms with Crippen molar-refractivity contribution in [3.63, 3.8) is 0 Å². The molecule has 0 saturated carbocycles. The molecule has 2 aliphatic rings. The van der Waals surface area contributed by atoms with E-state index in [4.69, 9.17) is 23.7 Å². The van der Waals surface area contributed by atoms with Crippen molar-refractivity contribution in [2.75, 3.05) is 13.7 Å². The number of hydrogen-bond donors (Lipinski definition) is 5. The van der Waals surface area contributed by atoms with Crippen LogP contribution in [0.1, 0.15) is 49.6 Å². The third kappa shape index (κ3) is 5.90. The Kier molecular flexibility index (Phi) is 8.08. The van der Waals surface area contributed by atoms with Gasteiger partial charge in [0.15, 0.2) is 47.4 Å². The number of benzene rings is 4. The molecule has 250 valence electrons. The Hall–Kier alpha value is -5.83. The molecule has 2 heterocycles. The molecule has 2 unspecified atom stereocenters. The summed E-state index contributed by atoms with van der Waals surface area (Å²) in [6.45, 7) is -0.517. The van der Waals surface area contributed by atoms with Crippen molar-refractivity contribution in [2.24, 2.45) is 0 Å². The van der Waals surface area contributed by atoms with Crippen LogP contribution >= 0.6 is 0 Å². The minimum Gasteiger partial charge on any atom is -0.508 e. The maximum Gasteiger partial charge on any atom is 0.416 e. The first-order valence-corrected chi connectivity index (χ1v) is 14.1. The average Bonchev–Trinajstić information content (AvgIpc) is 3.04. The van der Waals surface area contributed by atoms with Crippen molar-refractivity contribution >= 4 is 11.8 Å². The number of aliphatic hydroxyl groups is 1. The Morgan fingerprint density at radius 1 is 0.792 bits per heavy atom. The third-order valence-electron chi connectivity index (χ3n) is 7.74. The first kappa shape index (κ1) is 32.1. The summed E-state index contributed by atoms with van der Waals surface area (Å²) in [5.41, 5.74) is -1.35. The topological polar surface area (TPSA) is 181 Å². The number of aromatic hydroxyl groups is 4. The van der Waals surface area contributed by atoms with Crippen LogP contribution in [0.4, 0.5) is 13.2 Å². The van der Waals surface area contributed by atoms with Crippen LogP contribution < -0.4 is 18.9 Å². The van der Waals surface area contributed by atoms with Crippen molar-refractivity contribution in [1.82, 2.24) is 0 Å². The molecule has 0 saturated heterocycles. The summed E-state index contributed by atoms with van der Waals surface area (Å²) < 4.78 is 67.7. The van der Waals surface area contributed by atoms with Crippen LogP contribution in [0.15, 0.2) is 66.7 Å². The summed E-state index contributed by atoms with van der Waals surface area (Å²) in [6, 6.07) is 12.5. The number of hydrogen-bond acceptors (Lipinski definition) is 12. The summed E-state index contributed by atoms with van der Waals surface area (Å²) in [6.07, 6.45) is -9.94. The molecule has 0 fully saturated rings. The fourth-order valence-electron chi connectivity index (χ4n) is 5.38. The largest absolute Gasteiger partial charge is 0.508 e. The van der Waals surface area contributed by atoms with Crippen molar-refractivity contribution in [3.8, 4) is 46.0 Å². The number of phenolic OH excluding ortho intramolecular Hbond substituents is 4. The Morgan fingerprint density at radius 2 is 1.50 bits per heavy atom. The minimum atomic E-state index is -4.74. The lowest BCUT2D eigenvalue weighted by Crippen LogP contribution is -2.38. The van der Waals surface area contributed by atoms with Crippen molar-refractivity contribution in [2.45, 2.75) is 30.6 Å². The van der Waals surface area contributed by atoms with Crippen LogP contribution in [0, 0.1) is 0 Å². The van der Waals surface area contributed by atoms with Crippen molar-refractivity contribution in [3.05, 3.63) is 94.5 Å². The summed E-state index contributed by atoms with van der Waals surface area (Å²) in [7, 11) is 1.32. The van der Waals surface area contributed by atoms with Gasteiger partial charge in [0.25, 0.3) is 0 Å². The van der Waals surface area contributed by atoms with E-state index in [1.54, 1.807) is 0 Å². The molecule has 48 heavy (non-hydrogen) atoms. The zero-order chi connectivity index (χ0) is 34.5. The van der Waals surface area contributed by atoms with Crippen LogP contribution in [0.2, 0.25) is 0 Å². The second-order valence-electron chi connectivity index (χ2n) is 10.8. The van der Waals surface area contributed by atoms with E-state index < -0.39 is 71.6 Å². The molecule has 0 spiro atoms. The van der Waals surface area contributed by atoms with E-state index in [9.17, 15) is 48.3 Å². The minimum absolute atomic E-state index is 0.0727. The van der Waals surface area contributed by atoms with E-state index in [1.807, 2.05) is 0 Å². The van der Waals surface area contributed by atoms with Crippen LogP contribution in [-0.4, -0.2) is 63.2 Å². The lowest BCUT2D eigenvalue weighted by atomic mass is 9.92. The van der Waals surface area contributed by atoms with Gasteiger partial charge in [0, 0.05) is 17.7 Å². The number of ether oxygens (including phenoxy) is 5. The summed E-state index contributed by atoms with van der Waals surface area (Å²) in [5.74, 6) is -3.90. The molecule has 15 heteroatoms. The standard InChI is InChI=1S/C33H25F3O12/c1-44-23-8-14(2-6-19(23)38)30-26(13-45-32(43)18-5-4-16(10-20(18)39)33(34,35)36)46-22-7-3-15(9-24(22)47-30)31-29(42)28(41)27-21(40)11-17(37)12-25(27)48-31/h2-12,26,29-31,37-40,42H,13H2,1H3/t26-,29?,30?,31-/m0/s1. The fourth-order valence-corrected chi connectivity index (χ4v) is 5.38. The van der Waals surface area contributed by atoms with E-state index in [0.29, 0.717) is 17.7 Å². The number of ketones is 1. The van der Waals surface area contributed by atoms with Crippen LogP contribution in [0.3, 0.4) is 0 Å². The smallest absolute Gasteiger partial charge is 0.416 e. The zero-order valence-electron chi connectivity index (χ0n) is 24.6. The number of phenols is 4. The van der Waals surface area contributed by atoms with Gasteiger partial charge in [0.05, 0.1) is 12.7 Å². The van der Waals surface area contributed by atoms with Gasteiger partial charge < -0.3 is 49.2 Å². The molecule has 6 rings (SSSR count). The number of carbonyl (C=O) groups excluding carboxylic acids is 2. The fraction of sp³-hybridized carbons (Fsp3) is 0.212. The molecule has 0 aliphatic carbocycles. The van der Waals surface area contributed by atoms with Crippen molar-refractivity contribution in [1.29, 1.82) is 0 Å². The molecule has 4 aromatic carbocycles. The van der Waals surface area contributed by atoms with Gasteiger partial charge in [-0.3, -0.25) is 4.79 Å². The van der Waals surface area contributed by atoms with Gasteiger partial charge in [0.1, 0.15) is 40.7 Å². The molecule has 0 amide bonds. The zero-order valence-corrected chi connectivity index (χ0v) is 24.6. The number of fused-ring (bicyclic) bond motifs is 2. The second kappa shape index (κ2) is 12.1. The van der Waals surface area contributed by atoms with E-state index in [1.165, 1.54) is 43.5 Å². The van der Waals surface area contributed by atoms with Crippen LogP contribution in [0.25, 0.3) is 0 Å². The summed E-state index contributed by atoms with van der Waals surface area (Å²) >= 11 is 0. The number of halogens is 3. The van der Waals surface area contributed by atoms with Gasteiger partial charge in [-0.15, -0.1) is 0 Å². The Morgan fingerprint density at radius 3 is 2.21 bits per heavy atom. The quantitative estimate of drug-likeness (QED) is 0.174. The van der Waals surface area contributed by atoms with E-state index in [-0.39, 0.29) is 45.6 Å². The molecule has 5 N–H and O–H groups in total. The predicted octanol–water partition coefficient (Wildman–Crippen LogP) is 4.95. The monoisotopic (exact) mass is 670 g/mol. The molecule has 0 aromatic heterocycles. The molecule has 4 aromatic rings. The van der Waals surface area contributed by atoms with Gasteiger partial charge in [0.2, 0.25) is 5.78 Å². The van der Waals surface area contributed by atoms with E-state index in [2.05, 4.69) is 0 Å². The van der Waals surface area contributed by atoms with Crippen LogP contribution in [-0.2, 0) is 10.9 Å². The summed E-state index contributed by atoms with van der Waals surface area (Å²) in [4.78, 5) is 25.7. The number of esters is 1. The van der Waals surface area contributed by atoms with Crippen LogP contribution in [0.5, 0.6) is 46.0 Å². The molecular weight excluding hydrogens is 645 g/mol. The Labute approximate surface area is 268 Å². The van der Waals surface area contributed by atoms with Gasteiger partial charge in [-0.25, -0.2) is 4.79 Å². The molecular formula is C33H25F3O12. The first-order valence-electron chi connectivity index (χ1n) is 14.1. The number of carbonyl (C=O) groups is 2. The predicted molar refractivity (Wildman–Crippen MR) is 156 cm³/mol. The third-order valence-corrected chi connectivity index (χ3v) is 7.74. The number of aliphatic hydroxyl groups excluding tert-OH is 1. The highest BCUT2D eigenvalue weighted by Gasteiger charge is 2.41. The number of rotatable bonds is 6. The normalized spacial score (nSPS) is 20.0. The highest BCUT2D eigenvalue weighted by Crippen LogP contribution is 2.46. The number of Topliss-reactive ketones (excluding diaryl/α,β-unsaturated/α-hetero) is 1.